The molecule has 1 aromatic heterocycles. The minimum atomic E-state index is -0.176. The molecule has 0 saturated heterocycles. The number of hydrogen-bond donors (Lipinski definition) is 1. The summed E-state index contributed by atoms with van der Waals surface area (Å²) < 4.78 is 15.3. The van der Waals surface area contributed by atoms with Crippen molar-refractivity contribution in [3.8, 4) is 0 Å². The van der Waals surface area contributed by atoms with Gasteiger partial charge in [0.25, 0.3) is 0 Å². The number of rotatable bonds is 4. The van der Waals surface area contributed by atoms with Crippen molar-refractivity contribution in [1.82, 2.24) is 14.3 Å². The Bertz CT molecular complexity index is 456. The van der Waals surface area contributed by atoms with Crippen LogP contribution in [0.1, 0.15) is 31.7 Å². The normalized spacial score (nSPS) is 17.9. The lowest BCUT2D eigenvalue weighted by molar-refractivity contribution is 0.491. The van der Waals surface area contributed by atoms with Gasteiger partial charge in [0.15, 0.2) is 0 Å². The Kier molecular flexibility index (Phi) is 3.73. The van der Waals surface area contributed by atoms with Crippen molar-refractivity contribution >= 4 is 0 Å². The first-order chi connectivity index (χ1) is 8.26. The van der Waals surface area contributed by atoms with Crippen LogP contribution in [-0.2, 0) is 6.54 Å². The average Bonchev–Trinajstić information content (AvgIpc) is 2.96. The van der Waals surface area contributed by atoms with E-state index in [1.165, 1.54) is 4.68 Å². The smallest absolute Gasteiger partial charge is 0.327 e. The molecule has 0 aliphatic heterocycles. The average molecular weight is 240 g/mol. The molecule has 5 nitrogen and oxygen atoms in total. The highest BCUT2D eigenvalue weighted by Crippen LogP contribution is 2.27. The van der Waals surface area contributed by atoms with Gasteiger partial charge in [-0.05, 0) is 18.4 Å². The molecule has 6 heteroatoms. The van der Waals surface area contributed by atoms with Crippen molar-refractivity contribution in [2.45, 2.75) is 38.3 Å². The van der Waals surface area contributed by atoms with Gasteiger partial charge in [0, 0.05) is 12.6 Å². The van der Waals surface area contributed by atoms with Gasteiger partial charge in [-0.3, -0.25) is 4.57 Å². The molecule has 1 fully saturated rings. The third-order valence-corrected chi connectivity index (χ3v) is 3.24. The van der Waals surface area contributed by atoms with Crippen LogP contribution in [0.2, 0.25) is 0 Å². The summed E-state index contributed by atoms with van der Waals surface area (Å²) in [5.74, 6) is 0. The number of hydrogen-bond acceptors (Lipinski definition) is 3. The standard InChI is InChI=1S/C11H17FN4O/c12-5-9(6-13)7-16-11(17)15(8-14-16)10-3-1-2-4-10/h5,8,10H,1-4,6-7,13H2/b9-5+. The Morgan fingerprint density at radius 2 is 2.29 bits per heavy atom. The van der Waals surface area contributed by atoms with Gasteiger partial charge in [0.05, 0.1) is 12.9 Å². The maximum absolute atomic E-state index is 12.4. The number of nitrogens with two attached hydrogens (primary N) is 1. The first-order valence-electron chi connectivity index (χ1n) is 5.88. The minimum Gasteiger partial charge on any atom is -0.327 e. The van der Waals surface area contributed by atoms with E-state index in [1.54, 1.807) is 10.9 Å². The number of aromatic nitrogens is 3. The predicted octanol–water partition coefficient (Wildman–Crippen LogP) is 0.972. The molecule has 0 bridgehead atoms. The van der Waals surface area contributed by atoms with Crippen molar-refractivity contribution < 1.29 is 4.39 Å². The van der Waals surface area contributed by atoms with Gasteiger partial charge >= 0.3 is 5.69 Å². The molecule has 1 aliphatic rings. The molecule has 1 aliphatic carbocycles. The van der Waals surface area contributed by atoms with Crippen LogP contribution in [0.5, 0.6) is 0 Å². The predicted molar refractivity (Wildman–Crippen MR) is 62.2 cm³/mol. The molecule has 0 radical (unpaired) electrons. The van der Waals surface area contributed by atoms with E-state index in [0.717, 1.165) is 25.7 Å². The molecule has 2 rings (SSSR count). The zero-order valence-electron chi connectivity index (χ0n) is 9.68. The Labute approximate surface area is 98.7 Å². The van der Waals surface area contributed by atoms with Crippen LogP contribution >= 0.6 is 0 Å². The number of nitrogens with zero attached hydrogens (tertiary/aromatic N) is 3. The maximum atomic E-state index is 12.4. The molecule has 1 aromatic rings. The lowest BCUT2D eigenvalue weighted by Gasteiger charge is -2.07. The van der Waals surface area contributed by atoms with E-state index in [1.807, 2.05) is 0 Å². The van der Waals surface area contributed by atoms with Crippen LogP contribution in [-0.4, -0.2) is 20.9 Å². The highest BCUT2D eigenvalue weighted by atomic mass is 19.1. The van der Waals surface area contributed by atoms with Crippen molar-refractivity contribution in [1.29, 1.82) is 0 Å². The summed E-state index contributed by atoms with van der Waals surface area (Å²) in [5, 5.41) is 4.00. The molecule has 1 heterocycles. The SMILES string of the molecule is NC/C(=C\F)Cn1ncn(C2CCCC2)c1=O. The van der Waals surface area contributed by atoms with E-state index in [4.69, 9.17) is 5.73 Å². The summed E-state index contributed by atoms with van der Waals surface area (Å²) in [7, 11) is 0. The second kappa shape index (κ2) is 5.27. The van der Waals surface area contributed by atoms with Crippen molar-refractivity contribution in [3.63, 3.8) is 0 Å². The molecule has 2 N–H and O–H groups in total. The lowest BCUT2D eigenvalue weighted by Crippen LogP contribution is -2.28. The van der Waals surface area contributed by atoms with Crippen LogP contribution in [0.15, 0.2) is 23.0 Å². The first kappa shape index (κ1) is 12.0. The van der Waals surface area contributed by atoms with Crippen LogP contribution in [0.4, 0.5) is 4.39 Å². The van der Waals surface area contributed by atoms with Gasteiger partial charge in [-0.15, -0.1) is 0 Å². The van der Waals surface area contributed by atoms with Crippen LogP contribution in [0.25, 0.3) is 0 Å². The zero-order valence-corrected chi connectivity index (χ0v) is 9.68. The van der Waals surface area contributed by atoms with E-state index in [9.17, 15) is 9.18 Å². The number of halogens is 1. The quantitative estimate of drug-likeness (QED) is 0.852. The van der Waals surface area contributed by atoms with E-state index < -0.39 is 0 Å². The zero-order chi connectivity index (χ0) is 12.3. The van der Waals surface area contributed by atoms with Crippen LogP contribution in [0.3, 0.4) is 0 Å². The van der Waals surface area contributed by atoms with E-state index in [2.05, 4.69) is 5.10 Å². The summed E-state index contributed by atoms with van der Waals surface area (Å²) in [6, 6.07) is 0.256. The second-order valence-corrected chi connectivity index (χ2v) is 4.39. The van der Waals surface area contributed by atoms with E-state index in [0.29, 0.717) is 11.9 Å². The van der Waals surface area contributed by atoms with Crippen molar-refractivity contribution in [2.75, 3.05) is 6.54 Å². The monoisotopic (exact) mass is 240 g/mol. The van der Waals surface area contributed by atoms with Gasteiger partial charge in [-0.25, -0.2) is 13.9 Å². The summed E-state index contributed by atoms with van der Waals surface area (Å²) in [4.78, 5) is 12.0. The molecule has 0 atom stereocenters. The Morgan fingerprint density at radius 3 is 2.88 bits per heavy atom. The summed E-state index contributed by atoms with van der Waals surface area (Å²) >= 11 is 0. The van der Waals surface area contributed by atoms with Gasteiger partial charge in [0.1, 0.15) is 6.33 Å². The third-order valence-electron chi connectivity index (χ3n) is 3.24. The second-order valence-electron chi connectivity index (χ2n) is 4.39. The largest absolute Gasteiger partial charge is 0.346 e. The summed E-state index contributed by atoms with van der Waals surface area (Å²) in [6.07, 6.45) is 6.34. The molecule has 0 aromatic carbocycles. The summed E-state index contributed by atoms with van der Waals surface area (Å²) in [5.41, 5.74) is 5.54. The van der Waals surface area contributed by atoms with Crippen LogP contribution < -0.4 is 11.4 Å². The van der Waals surface area contributed by atoms with Crippen molar-refractivity contribution in [3.05, 3.63) is 28.7 Å². The third kappa shape index (κ3) is 2.46. The topological polar surface area (TPSA) is 65.8 Å². The van der Waals surface area contributed by atoms with Gasteiger partial charge in [-0.2, -0.15) is 5.10 Å². The van der Waals surface area contributed by atoms with Gasteiger partial charge < -0.3 is 5.73 Å². The fourth-order valence-electron chi connectivity index (χ4n) is 2.23. The molecule has 17 heavy (non-hydrogen) atoms. The molecule has 0 amide bonds. The molecule has 0 spiro atoms. The Hall–Kier alpha value is -1.43. The van der Waals surface area contributed by atoms with E-state index in [-0.39, 0.29) is 24.8 Å². The first-order valence-corrected chi connectivity index (χ1v) is 5.88. The van der Waals surface area contributed by atoms with Crippen LogP contribution in [0, 0.1) is 0 Å². The van der Waals surface area contributed by atoms with Gasteiger partial charge in [0.2, 0.25) is 0 Å². The molecular formula is C11H17FN4O. The molecule has 1 saturated carbocycles. The highest BCUT2D eigenvalue weighted by Gasteiger charge is 2.20. The molecule has 94 valence electrons. The Balaban J connectivity index is 2.17. The fraction of sp³-hybridized carbons (Fsp3) is 0.636. The van der Waals surface area contributed by atoms with E-state index >= 15 is 0 Å². The maximum Gasteiger partial charge on any atom is 0.346 e. The Morgan fingerprint density at radius 1 is 1.59 bits per heavy atom. The van der Waals surface area contributed by atoms with Gasteiger partial charge in [-0.1, -0.05) is 12.8 Å². The molecular weight excluding hydrogens is 223 g/mol. The fourth-order valence-corrected chi connectivity index (χ4v) is 2.23. The molecule has 0 unspecified atom stereocenters. The minimum absolute atomic E-state index is 0.0965. The lowest BCUT2D eigenvalue weighted by atomic mass is 10.2. The summed E-state index contributed by atoms with van der Waals surface area (Å²) in [6.45, 7) is 0.227. The van der Waals surface area contributed by atoms with Crippen molar-refractivity contribution in [2.24, 2.45) is 5.73 Å². The highest BCUT2D eigenvalue weighted by molar-refractivity contribution is 4.99.